The molecule has 0 heterocycles. The van der Waals surface area contributed by atoms with Crippen LogP contribution in [0, 0.1) is 0 Å². The van der Waals surface area contributed by atoms with Gasteiger partial charge in [0, 0.05) is 12.8 Å². The van der Waals surface area contributed by atoms with E-state index >= 15 is 0 Å². The fraction of sp³-hybridized carbons (Fsp3) is 1.00. The molecule has 0 aliphatic heterocycles. The molecule has 0 fully saturated rings. The fourth-order valence-corrected chi connectivity index (χ4v) is 5.75. The zero-order valence-electron chi connectivity index (χ0n) is 29.1. The first-order valence-corrected chi connectivity index (χ1v) is 17.9. The highest BCUT2D eigenvalue weighted by atomic mass is 32.2. The van der Waals surface area contributed by atoms with E-state index in [1.54, 1.807) is 0 Å². The summed E-state index contributed by atoms with van der Waals surface area (Å²) >= 11 is 0. The van der Waals surface area contributed by atoms with Crippen molar-refractivity contribution < 1.29 is 174 Å². The molecule has 392 valence electrons. The summed E-state index contributed by atoms with van der Waals surface area (Å²) < 4.78 is 506. The minimum atomic E-state index is -9.04. The van der Waals surface area contributed by atoms with Gasteiger partial charge in [-0.2, -0.15) is 166 Å². The van der Waals surface area contributed by atoms with Crippen LogP contribution in [0.4, 0.5) is 149 Å². The van der Waals surface area contributed by atoms with Crippen molar-refractivity contribution in [1.29, 1.82) is 0 Å². The van der Waals surface area contributed by atoms with Gasteiger partial charge in [-0.05, 0) is 6.42 Å². The Balaban J connectivity index is 5.93. The Morgan fingerprint density at radius 2 is 0.431 bits per heavy atom. The van der Waals surface area contributed by atoms with Gasteiger partial charge < -0.3 is 0 Å². The van der Waals surface area contributed by atoms with Crippen LogP contribution in [0.5, 0.6) is 0 Å². The zero-order valence-corrected chi connectivity index (χ0v) is 30.7. The van der Waals surface area contributed by atoms with Crippen molar-refractivity contribution >= 4 is 20.2 Å². The van der Waals surface area contributed by atoms with E-state index in [1.807, 2.05) is 0 Å². The first-order valence-electron chi connectivity index (χ1n) is 14.8. The number of hydrogen-bond donors (Lipinski definition) is 0. The fourth-order valence-electron chi connectivity index (χ4n) is 3.76. The highest BCUT2D eigenvalue weighted by Crippen LogP contribution is 2.66. The second kappa shape index (κ2) is 17.1. The lowest BCUT2D eigenvalue weighted by Crippen LogP contribution is -2.74. The standard InChI is InChI=1S/C23H14F34O6S2/c24-8(25,10(28,29)12(32,33)14(36,37)16(40,41)18(44,45)20(48,49)22(52,53)54)2-6-64(58,59)62-4-1-5-63-65(60,61)7-3-9(26,27)11(30,31)13(34,35)15(38,39)17(42,43)19(46,47)21(50,51)23(55,56)57/h1-7H2. The molecule has 6 nitrogen and oxygen atoms in total. The molecule has 0 unspecified atom stereocenters. The Kier molecular flexibility index (Phi) is 16.5. The van der Waals surface area contributed by atoms with E-state index in [0.29, 0.717) is 0 Å². The molecule has 0 aromatic rings. The van der Waals surface area contributed by atoms with E-state index in [0.717, 1.165) is 0 Å². The van der Waals surface area contributed by atoms with Gasteiger partial charge in [-0.25, -0.2) is 0 Å². The zero-order chi connectivity index (χ0) is 53.4. The maximum atomic E-state index is 13.9. The minimum absolute atomic E-state index is 1.55. The number of halogens is 34. The van der Waals surface area contributed by atoms with Gasteiger partial charge >= 0.3 is 95.3 Å². The Morgan fingerprint density at radius 3 is 0.615 bits per heavy atom. The summed E-state index contributed by atoms with van der Waals surface area (Å²) in [6.45, 7) is -3.77. The molecule has 0 rings (SSSR count). The van der Waals surface area contributed by atoms with E-state index in [-0.39, 0.29) is 0 Å². The number of alkyl halides is 34. The lowest BCUT2D eigenvalue weighted by molar-refractivity contribution is -0.461. The summed E-state index contributed by atoms with van der Waals surface area (Å²) in [5.41, 5.74) is 0. The molecule has 0 aliphatic carbocycles. The number of rotatable bonds is 24. The van der Waals surface area contributed by atoms with Crippen LogP contribution in [0.25, 0.3) is 0 Å². The predicted molar refractivity (Wildman–Crippen MR) is 135 cm³/mol. The van der Waals surface area contributed by atoms with Crippen molar-refractivity contribution in [2.24, 2.45) is 0 Å². The molecule has 0 aromatic carbocycles. The van der Waals surface area contributed by atoms with E-state index in [2.05, 4.69) is 8.37 Å². The third-order valence-corrected chi connectivity index (χ3v) is 10.2. The number of hydrogen-bond acceptors (Lipinski definition) is 6. The highest BCUT2D eigenvalue weighted by molar-refractivity contribution is 7.86. The quantitative estimate of drug-likeness (QED) is 0.0544. The molecule has 0 aromatic heterocycles. The topological polar surface area (TPSA) is 86.7 Å². The van der Waals surface area contributed by atoms with Crippen LogP contribution in [0.1, 0.15) is 19.3 Å². The average Bonchev–Trinajstić information content (AvgIpc) is 3.07. The van der Waals surface area contributed by atoms with Crippen LogP contribution in [-0.2, 0) is 28.6 Å². The molecule has 0 atom stereocenters. The van der Waals surface area contributed by atoms with Crippen LogP contribution in [0.3, 0.4) is 0 Å². The van der Waals surface area contributed by atoms with Gasteiger partial charge in [0.15, 0.2) is 0 Å². The molecule has 0 radical (unpaired) electrons. The SMILES string of the molecule is O=S(=O)(CCC(F)(F)C(F)(F)C(F)(F)C(F)(F)C(F)(F)C(F)(F)C(F)(F)C(F)(F)F)OCCCOS(=O)(=O)CCC(F)(F)C(F)(F)C(F)(F)C(F)(F)C(F)(F)C(F)(F)C(F)(F)C(F)(F)F. The van der Waals surface area contributed by atoms with Gasteiger partial charge in [-0.3, -0.25) is 8.37 Å². The summed E-state index contributed by atoms with van der Waals surface area (Å²) in [5.74, 6) is -126. The van der Waals surface area contributed by atoms with Crippen LogP contribution in [-0.4, -0.2) is 137 Å². The second-order valence-corrected chi connectivity index (χ2v) is 15.8. The van der Waals surface area contributed by atoms with Crippen LogP contribution in [0.2, 0.25) is 0 Å². The van der Waals surface area contributed by atoms with Crippen molar-refractivity contribution in [2.75, 3.05) is 24.7 Å². The van der Waals surface area contributed by atoms with Crippen molar-refractivity contribution in [2.45, 2.75) is 115 Å². The smallest absolute Gasteiger partial charge is 0.270 e. The van der Waals surface area contributed by atoms with Gasteiger partial charge in [-0.1, -0.05) is 0 Å². The molecule has 0 saturated heterocycles. The first-order chi connectivity index (χ1) is 27.6. The summed E-state index contributed by atoms with van der Waals surface area (Å²) in [6, 6.07) is 0. The summed E-state index contributed by atoms with van der Waals surface area (Å²) in [7, 11) is -12.2. The van der Waals surface area contributed by atoms with Crippen LogP contribution >= 0.6 is 0 Å². The maximum absolute atomic E-state index is 13.9. The predicted octanol–water partition coefficient (Wildman–Crippen LogP) is 10.9. The maximum Gasteiger partial charge on any atom is 0.460 e. The van der Waals surface area contributed by atoms with Gasteiger partial charge in [-0.15, -0.1) is 0 Å². The lowest BCUT2D eigenvalue weighted by Gasteiger charge is -2.42. The van der Waals surface area contributed by atoms with Crippen molar-refractivity contribution in [3.63, 3.8) is 0 Å². The van der Waals surface area contributed by atoms with E-state index in [1.165, 1.54) is 0 Å². The van der Waals surface area contributed by atoms with Crippen LogP contribution < -0.4 is 0 Å². The molecule has 0 bridgehead atoms. The molecule has 42 heteroatoms. The summed E-state index contributed by atoms with van der Waals surface area (Å²) in [6.07, 6.45) is -24.9. The van der Waals surface area contributed by atoms with Crippen LogP contribution in [0.15, 0.2) is 0 Å². The van der Waals surface area contributed by atoms with E-state index in [9.17, 15) is 166 Å². The normalized spacial score (nSPS) is 16.6. The largest absolute Gasteiger partial charge is 0.460 e. The Labute approximate surface area is 334 Å². The third-order valence-electron chi connectivity index (χ3n) is 7.72. The van der Waals surface area contributed by atoms with Gasteiger partial charge in [0.25, 0.3) is 20.2 Å². The average molecular weight is 1100 g/mol. The van der Waals surface area contributed by atoms with E-state index < -0.39 is 159 Å². The third kappa shape index (κ3) is 9.99. The van der Waals surface area contributed by atoms with Crippen molar-refractivity contribution in [3.8, 4) is 0 Å². The molecular formula is C23H14F34O6S2. The highest BCUT2D eigenvalue weighted by Gasteiger charge is 2.97. The van der Waals surface area contributed by atoms with Gasteiger partial charge in [0.1, 0.15) is 0 Å². The van der Waals surface area contributed by atoms with Crippen molar-refractivity contribution in [3.05, 3.63) is 0 Å². The Bertz CT molecular complexity index is 1750. The van der Waals surface area contributed by atoms with E-state index in [4.69, 9.17) is 0 Å². The second-order valence-electron chi connectivity index (χ2n) is 12.3. The monoisotopic (exact) mass is 1100 g/mol. The first kappa shape index (κ1) is 62.4. The van der Waals surface area contributed by atoms with Gasteiger partial charge in [0.05, 0.1) is 24.7 Å². The Hall–Kier alpha value is -2.56. The molecule has 0 amide bonds. The van der Waals surface area contributed by atoms with Crippen molar-refractivity contribution in [1.82, 2.24) is 0 Å². The lowest BCUT2D eigenvalue weighted by atomic mass is 9.88. The molecule has 0 spiro atoms. The summed E-state index contributed by atoms with van der Waals surface area (Å²) in [4.78, 5) is 0. The molecule has 0 saturated carbocycles. The molecule has 0 aliphatic rings. The Morgan fingerprint density at radius 1 is 0.262 bits per heavy atom. The molecular weight excluding hydrogens is 1080 g/mol. The molecule has 0 N–H and O–H groups in total. The molecule has 65 heavy (non-hydrogen) atoms. The minimum Gasteiger partial charge on any atom is -0.270 e. The van der Waals surface area contributed by atoms with Gasteiger partial charge in [0.2, 0.25) is 0 Å². The summed E-state index contributed by atoms with van der Waals surface area (Å²) in [5, 5.41) is 0.